The molecule has 0 saturated heterocycles. The van der Waals surface area contributed by atoms with Crippen LogP contribution in [-0.2, 0) is 11.0 Å². The lowest BCUT2D eigenvalue weighted by molar-refractivity contribution is 0.392. The highest BCUT2D eigenvalue weighted by Crippen LogP contribution is 2.51. The van der Waals surface area contributed by atoms with Crippen molar-refractivity contribution < 1.29 is 14.0 Å². The molecule has 0 bridgehead atoms. The molecule has 2 aromatic carbocycles. The molecule has 0 aromatic heterocycles. The fourth-order valence-electron chi connectivity index (χ4n) is 2.44. The highest BCUT2D eigenvalue weighted by molar-refractivity contribution is 7.62. The third-order valence-electron chi connectivity index (χ3n) is 3.30. The van der Waals surface area contributed by atoms with Crippen LogP contribution in [0.2, 0.25) is 0 Å². The van der Waals surface area contributed by atoms with Crippen LogP contribution in [0.1, 0.15) is 18.9 Å². The summed E-state index contributed by atoms with van der Waals surface area (Å²) in [6, 6.07) is 13.0. The van der Waals surface area contributed by atoms with Crippen LogP contribution in [0, 0.1) is 0 Å². The first kappa shape index (κ1) is 12.5. The summed E-state index contributed by atoms with van der Waals surface area (Å²) in [5, 5.41) is 0.385. The Morgan fingerprint density at radius 1 is 1.16 bits per heavy atom. The highest BCUT2D eigenvalue weighted by atomic mass is 31.2. The zero-order valence-electron chi connectivity index (χ0n) is 10.7. The molecule has 19 heavy (non-hydrogen) atoms. The van der Waals surface area contributed by atoms with E-state index in [1.54, 1.807) is 18.2 Å². The van der Waals surface area contributed by atoms with Crippen LogP contribution < -0.4 is 9.83 Å². The molecule has 1 unspecified atom stereocenters. The van der Waals surface area contributed by atoms with Gasteiger partial charge >= 0.3 is 7.60 Å². The number of hydrogen-bond acceptors (Lipinski definition) is 2. The fourth-order valence-corrected chi connectivity index (χ4v) is 3.74. The maximum atomic E-state index is 12.2. The van der Waals surface area contributed by atoms with E-state index in [-0.39, 0.29) is 0 Å². The lowest BCUT2D eigenvalue weighted by atomic mass is 10.00. The van der Waals surface area contributed by atoms with Gasteiger partial charge in [0.05, 0.1) is 5.30 Å². The van der Waals surface area contributed by atoms with Crippen molar-refractivity contribution in [1.29, 1.82) is 0 Å². The van der Waals surface area contributed by atoms with E-state index in [2.05, 4.69) is 13.0 Å². The summed E-state index contributed by atoms with van der Waals surface area (Å²) in [6.45, 7) is 2.13. The smallest absolute Gasteiger partial charge is 0.408 e. The van der Waals surface area contributed by atoms with Crippen molar-refractivity contribution >= 4 is 12.9 Å². The Morgan fingerprint density at radius 3 is 2.74 bits per heavy atom. The molecule has 0 aliphatic carbocycles. The number of rotatable bonds is 2. The van der Waals surface area contributed by atoms with Gasteiger partial charge in [0.2, 0.25) is 0 Å². The largest absolute Gasteiger partial charge is 0.421 e. The average molecular weight is 274 g/mol. The number of aryl methyl sites for hydroxylation is 1. The summed E-state index contributed by atoms with van der Waals surface area (Å²) >= 11 is 0. The SMILES string of the molecule is CCCc1ccc2c(c1)-c1ccccc1P(=O)(O)O2. The quantitative estimate of drug-likeness (QED) is 0.852. The van der Waals surface area contributed by atoms with Crippen molar-refractivity contribution in [3.8, 4) is 16.9 Å². The Kier molecular flexibility index (Phi) is 2.96. The molecule has 3 rings (SSSR count). The Bertz CT molecular complexity index is 679. The van der Waals surface area contributed by atoms with E-state index >= 15 is 0 Å². The van der Waals surface area contributed by atoms with Gasteiger partial charge < -0.3 is 9.42 Å². The van der Waals surface area contributed by atoms with E-state index in [1.165, 1.54) is 5.56 Å². The highest BCUT2D eigenvalue weighted by Gasteiger charge is 2.34. The fraction of sp³-hybridized carbons (Fsp3) is 0.200. The Balaban J connectivity index is 2.22. The lowest BCUT2D eigenvalue weighted by Gasteiger charge is -2.24. The monoisotopic (exact) mass is 274 g/mol. The molecule has 1 aliphatic rings. The minimum atomic E-state index is -3.74. The van der Waals surface area contributed by atoms with E-state index in [9.17, 15) is 9.46 Å². The molecule has 4 heteroatoms. The van der Waals surface area contributed by atoms with Gasteiger partial charge in [0.15, 0.2) is 0 Å². The van der Waals surface area contributed by atoms with Crippen molar-refractivity contribution in [2.45, 2.75) is 19.8 Å². The summed E-state index contributed by atoms with van der Waals surface area (Å²) in [5.41, 5.74) is 2.92. The minimum Gasteiger partial charge on any atom is -0.421 e. The topological polar surface area (TPSA) is 46.5 Å². The summed E-state index contributed by atoms with van der Waals surface area (Å²) in [5.74, 6) is 0.490. The van der Waals surface area contributed by atoms with E-state index in [1.807, 2.05) is 18.2 Å². The van der Waals surface area contributed by atoms with Gasteiger partial charge in [-0.3, -0.25) is 0 Å². The first-order chi connectivity index (χ1) is 9.12. The van der Waals surface area contributed by atoms with Gasteiger partial charge in [0, 0.05) is 11.1 Å². The molecule has 0 fully saturated rings. The van der Waals surface area contributed by atoms with Crippen molar-refractivity contribution in [1.82, 2.24) is 0 Å². The van der Waals surface area contributed by atoms with Gasteiger partial charge in [0.1, 0.15) is 5.75 Å². The van der Waals surface area contributed by atoms with Crippen LogP contribution in [0.3, 0.4) is 0 Å². The van der Waals surface area contributed by atoms with Crippen molar-refractivity contribution in [2.75, 3.05) is 0 Å². The first-order valence-electron chi connectivity index (χ1n) is 6.37. The summed E-state index contributed by atoms with van der Waals surface area (Å²) < 4.78 is 17.5. The third kappa shape index (κ3) is 2.09. The normalized spacial score (nSPS) is 20.3. The Hall–Kier alpha value is -1.57. The molecule has 0 amide bonds. The number of benzene rings is 2. The summed E-state index contributed by atoms with van der Waals surface area (Å²) in [6.07, 6.45) is 2.06. The summed E-state index contributed by atoms with van der Waals surface area (Å²) in [7, 11) is -3.74. The molecule has 1 heterocycles. The maximum absolute atomic E-state index is 12.2. The van der Waals surface area contributed by atoms with Gasteiger partial charge in [-0.25, -0.2) is 4.57 Å². The van der Waals surface area contributed by atoms with E-state index in [0.29, 0.717) is 11.1 Å². The van der Waals surface area contributed by atoms with Crippen LogP contribution in [-0.4, -0.2) is 4.89 Å². The van der Waals surface area contributed by atoms with E-state index < -0.39 is 7.60 Å². The molecule has 3 nitrogen and oxygen atoms in total. The molecule has 0 spiro atoms. The van der Waals surface area contributed by atoms with Crippen LogP contribution in [0.5, 0.6) is 5.75 Å². The molecule has 1 aliphatic heterocycles. The summed E-state index contributed by atoms with van der Waals surface area (Å²) in [4.78, 5) is 9.98. The van der Waals surface area contributed by atoms with Crippen molar-refractivity contribution in [3.63, 3.8) is 0 Å². The predicted octanol–water partition coefficient (Wildman–Crippen LogP) is 3.51. The second kappa shape index (κ2) is 4.52. The number of hydrogen-bond donors (Lipinski definition) is 1. The van der Waals surface area contributed by atoms with Gasteiger partial charge in [-0.15, -0.1) is 0 Å². The van der Waals surface area contributed by atoms with Gasteiger partial charge in [-0.2, -0.15) is 0 Å². The molecule has 0 radical (unpaired) electrons. The molecule has 2 aromatic rings. The standard InChI is InChI=1S/C15H15O3P/c1-2-5-11-8-9-14-13(10-11)12-6-3-4-7-15(12)19(16,17)18-14/h3-4,6-10H,2,5H2,1H3,(H,16,17). The van der Waals surface area contributed by atoms with Gasteiger partial charge in [-0.05, 0) is 30.2 Å². The molecule has 1 N–H and O–H groups in total. The molecule has 1 atom stereocenters. The van der Waals surface area contributed by atoms with Gasteiger partial charge in [0.25, 0.3) is 0 Å². The van der Waals surface area contributed by atoms with Crippen LogP contribution >= 0.6 is 7.60 Å². The molecule has 98 valence electrons. The second-order valence-corrected chi connectivity index (χ2v) is 6.41. The molecular formula is C15H15O3P. The Labute approximate surface area is 112 Å². The van der Waals surface area contributed by atoms with Crippen molar-refractivity contribution in [2.24, 2.45) is 0 Å². The third-order valence-corrected chi connectivity index (χ3v) is 4.75. The van der Waals surface area contributed by atoms with Crippen LogP contribution in [0.15, 0.2) is 42.5 Å². The molecular weight excluding hydrogens is 259 g/mol. The average Bonchev–Trinajstić information content (AvgIpc) is 2.40. The van der Waals surface area contributed by atoms with E-state index in [4.69, 9.17) is 4.52 Å². The van der Waals surface area contributed by atoms with E-state index in [0.717, 1.165) is 24.0 Å². The minimum absolute atomic E-state index is 0.385. The first-order valence-corrected chi connectivity index (χ1v) is 7.95. The zero-order chi connectivity index (χ0) is 13.5. The lowest BCUT2D eigenvalue weighted by Crippen LogP contribution is -2.17. The van der Waals surface area contributed by atoms with Gasteiger partial charge in [-0.1, -0.05) is 37.6 Å². The van der Waals surface area contributed by atoms with Crippen molar-refractivity contribution in [3.05, 3.63) is 48.0 Å². The molecule has 0 saturated carbocycles. The Morgan fingerprint density at radius 2 is 1.95 bits per heavy atom. The van der Waals surface area contributed by atoms with Crippen LogP contribution in [0.4, 0.5) is 0 Å². The zero-order valence-corrected chi connectivity index (χ0v) is 11.6. The second-order valence-electron chi connectivity index (χ2n) is 4.71. The predicted molar refractivity (Wildman–Crippen MR) is 76.0 cm³/mol. The van der Waals surface area contributed by atoms with Crippen LogP contribution in [0.25, 0.3) is 11.1 Å². The number of fused-ring (bicyclic) bond motifs is 3. The maximum Gasteiger partial charge on any atom is 0.408 e.